The topological polar surface area (TPSA) is 89.2 Å². The monoisotopic (exact) mass is 388 g/mol. The molecule has 27 heavy (non-hydrogen) atoms. The molecule has 1 aliphatic rings. The molecule has 1 atom stereocenters. The molecule has 140 valence electrons. The van der Waals surface area contributed by atoms with Crippen molar-refractivity contribution in [2.24, 2.45) is 0 Å². The summed E-state index contributed by atoms with van der Waals surface area (Å²) in [7, 11) is -3.62. The molecule has 7 nitrogen and oxygen atoms in total. The molecule has 1 saturated heterocycles. The number of benzene rings is 1. The molecular formula is C18H17FN4O3S. The third kappa shape index (κ3) is 3.74. The number of nitrogens with zero attached hydrogens (tertiary/aromatic N) is 4. The standard InChI is InChI=1S/C18H17FN4O3S/c19-16-6-2-1-4-15(16)12-27(24,25)23-9-7-14(11-23)17-21-18(26-22-17)13-5-3-8-20-10-13/h1-6,8,10,14H,7,9,11-12H2. The van der Waals surface area contributed by atoms with E-state index in [1.165, 1.54) is 22.5 Å². The molecule has 0 bridgehead atoms. The molecule has 0 radical (unpaired) electrons. The van der Waals surface area contributed by atoms with E-state index in [2.05, 4.69) is 15.1 Å². The minimum atomic E-state index is -3.62. The lowest BCUT2D eigenvalue weighted by atomic mass is 10.1. The molecule has 0 aliphatic carbocycles. The van der Waals surface area contributed by atoms with Crippen LogP contribution in [0, 0.1) is 5.82 Å². The SMILES string of the molecule is O=S(=O)(Cc1ccccc1F)N1CCC(c2noc(-c3cccnc3)n2)C1. The van der Waals surface area contributed by atoms with Crippen LogP contribution < -0.4 is 0 Å². The summed E-state index contributed by atoms with van der Waals surface area (Å²) in [5.74, 6) is -0.214. The van der Waals surface area contributed by atoms with Gasteiger partial charge in [-0.15, -0.1) is 0 Å². The first-order valence-electron chi connectivity index (χ1n) is 8.48. The van der Waals surface area contributed by atoms with Crippen molar-refractivity contribution < 1.29 is 17.3 Å². The predicted octanol–water partition coefficient (Wildman–Crippen LogP) is 2.59. The van der Waals surface area contributed by atoms with Crippen molar-refractivity contribution in [1.29, 1.82) is 0 Å². The molecule has 0 N–H and O–H groups in total. The highest BCUT2D eigenvalue weighted by molar-refractivity contribution is 7.88. The summed E-state index contributed by atoms with van der Waals surface area (Å²) in [6.45, 7) is 0.598. The molecule has 0 saturated carbocycles. The van der Waals surface area contributed by atoms with Gasteiger partial charge in [0.2, 0.25) is 10.0 Å². The van der Waals surface area contributed by atoms with E-state index in [9.17, 15) is 12.8 Å². The molecule has 1 aliphatic heterocycles. The van der Waals surface area contributed by atoms with Crippen LogP contribution in [0.25, 0.3) is 11.5 Å². The van der Waals surface area contributed by atoms with Crippen molar-refractivity contribution in [3.63, 3.8) is 0 Å². The largest absolute Gasteiger partial charge is 0.334 e. The summed E-state index contributed by atoms with van der Waals surface area (Å²) in [6, 6.07) is 9.49. The molecule has 0 spiro atoms. The summed E-state index contributed by atoms with van der Waals surface area (Å²) >= 11 is 0. The fourth-order valence-electron chi connectivity index (χ4n) is 3.10. The average molecular weight is 388 g/mol. The second-order valence-electron chi connectivity index (χ2n) is 6.39. The van der Waals surface area contributed by atoms with Crippen molar-refractivity contribution >= 4 is 10.0 Å². The zero-order valence-corrected chi connectivity index (χ0v) is 15.1. The zero-order valence-electron chi connectivity index (χ0n) is 14.3. The van der Waals surface area contributed by atoms with Crippen molar-refractivity contribution in [3.8, 4) is 11.5 Å². The van der Waals surface area contributed by atoms with Crippen LogP contribution in [-0.4, -0.2) is 40.9 Å². The van der Waals surface area contributed by atoms with Gasteiger partial charge in [-0.1, -0.05) is 23.4 Å². The number of halogens is 1. The fraction of sp³-hybridized carbons (Fsp3) is 0.278. The molecule has 9 heteroatoms. The molecule has 1 aromatic carbocycles. The Balaban J connectivity index is 1.47. The molecule has 4 rings (SSSR count). The van der Waals surface area contributed by atoms with E-state index in [4.69, 9.17) is 4.52 Å². The van der Waals surface area contributed by atoms with Crippen molar-refractivity contribution in [2.45, 2.75) is 18.1 Å². The predicted molar refractivity (Wildman–Crippen MR) is 95.5 cm³/mol. The van der Waals surface area contributed by atoms with Gasteiger partial charge in [-0.2, -0.15) is 4.98 Å². The van der Waals surface area contributed by atoms with Gasteiger partial charge in [-0.25, -0.2) is 17.1 Å². The van der Waals surface area contributed by atoms with Crippen LogP contribution in [0.5, 0.6) is 0 Å². The lowest BCUT2D eigenvalue weighted by molar-refractivity contribution is 0.414. The number of hydrogen-bond donors (Lipinski definition) is 0. The fourth-order valence-corrected chi connectivity index (χ4v) is 4.70. The summed E-state index contributed by atoms with van der Waals surface area (Å²) in [4.78, 5) is 8.39. The van der Waals surface area contributed by atoms with Gasteiger partial charge >= 0.3 is 0 Å². The summed E-state index contributed by atoms with van der Waals surface area (Å²) in [5.41, 5.74) is 0.873. The number of aromatic nitrogens is 3. The Morgan fingerprint density at radius 2 is 2.07 bits per heavy atom. The molecule has 2 aromatic heterocycles. The first-order chi connectivity index (χ1) is 13.0. The third-order valence-electron chi connectivity index (χ3n) is 4.56. The number of sulfonamides is 1. The molecular weight excluding hydrogens is 371 g/mol. The lowest BCUT2D eigenvalue weighted by Gasteiger charge is -2.16. The normalized spacial score (nSPS) is 18.0. The number of hydrogen-bond acceptors (Lipinski definition) is 6. The third-order valence-corrected chi connectivity index (χ3v) is 6.35. The minimum Gasteiger partial charge on any atom is -0.334 e. The van der Waals surface area contributed by atoms with Gasteiger partial charge < -0.3 is 4.52 Å². The van der Waals surface area contributed by atoms with E-state index in [0.29, 0.717) is 30.2 Å². The first-order valence-corrected chi connectivity index (χ1v) is 10.1. The summed E-state index contributed by atoms with van der Waals surface area (Å²) in [5, 5.41) is 3.99. The van der Waals surface area contributed by atoms with E-state index in [0.717, 1.165) is 0 Å². The second kappa shape index (κ2) is 7.16. The highest BCUT2D eigenvalue weighted by atomic mass is 32.2. The zero-order chi connectivity index (χ0) is 18.9. The van der Waals surface area contributed by atoms with E-state index in [1.807, 2.05) is 6.07 Å². The Bertz CT molecular complexity index is 1040. The maximum absolute atomic E-state index is 13.8. The molecule has 1 unspecified atom stereocenters. The van der Waals surface area contributed by atoms with Crippen molar-refractivity contribution in [2.75, 3.05) is 13.1 Å². The maximum atomic E-state index is 13.8. The van der Waals surface area contributed by atoms with Crippen LogP contribution in [0.4, 0.5) is 4.39 Å². The van der Waals surface area contributed by atoms with Crippen LogP contribution in [0.1, 0.15) is 23.7 Å². The van der Waals surface area contributed by atoms with Crippen molar-refractivity contribution in [1.82, 2.24) is 19.4 Å². The summed E-state index contributed by atoms with van der Waals surface area (Å²) < 4.78 is 45.7. The van der Waals surface area contributed by atoms with E-state index >= 15 is 0 Å². The highest BCUT2D eigenvalue weighted by Crippen LogP contribution is 2.29. The second-order valence-corrected chi connectivity index (χ2v) is 8.36. The average Bonchev–Trinajstić information content (AvgIpc) is 3.34. The Morgan fingerprint density at radius 1 is 1.22 bits per heavy atom. The van der Waals surface area contributed by atoms with Gasteiger partial charge in [0.05, 0.1) is 11.3 Å². The van der Waals surface area contributed by atoms with Gasteiger partial charge in [-0.3, -0.25) is 4.98 Å². The Morgan fingerprint density at radius 3 is 2.85 bits per heavy atom. The minimum absolute atomic E-state index is 0.158. The van der Waals surface area contributed by atoms with Crippen molar-refractivity contribution in [3.05, 3.63) is 66.0 Å². The smallest absolute Gasteiger partial charge is 0.259 e. The highest BCUT2D eigenvalue weighted by Gasteiger charge is 2.35. The van der Waals surface area contributed by atoms with Gasteiger partial charge in [-0.05, 0) is 24.6 Å². The van der Waals surface area contributed by atoms with E-state index in [1.54, 1.807) is 24.5 Å². The molecule has 3 heterocycles. The van der Waals surface area contributed by atoms with Gasteiger partial charge in [0.1, 0.15) is 5.82 Å². The Kier molecular flexibility index (Phi) is 4.71. The van der Waals surface area contributed by atoms with Crippen LogP contribution in [-0.2, 0) is 15.8 Å². The van der Waals surface area contributed by atoms with E-state index < -0.39 is 15.8 Å². The summed E-state index contributed by atoms with van der Waals surface area (Å²) in [6.07, 6.45) is 3.86. The Labute approximate surface area is 155 Å². The molecule has 1 fully saturated rings. The van der Waals surface area contributed by atoms with Crippen LogP contribution in [0.2, 0.25) is 0 Å². The van der Waals surface area contributed by atoms with Gasteiger partial charge in [0, 0.05) is 37.0 Å². The lowest BCUT2D eigenvalue weighted by Crippen LogP contribution is -2.30. The van der Waals surface area contributed by atoms with Crippen LogP contribution in [0.3, 0.4) is 0 Å². The number of pyridine rings is 1. The van der Waals surface area contributed by atoms with Gasteiger partial charge in [0.15, 0.2) is 5.82 Å². The van der Waals surface area contributed by atoms with Gasteiger partial charge in [0.25, 0.3) is 5.89 Å². The number of rotatable bonds is 5. The van der Waals surface area contributed by atoms with Crippen LogP contribution in [0.15, 0.2) is 53.3 Å². The maximum Gasteiger partial charge on any atom is 0.259 e. The Hall–Kier alpha value is -2.65. The van der Waals surface area contributed by atoms with Crippen LogP contribution >= 0.6 is 0 Å². The quantitative estimate of drug-likeness (QED) is 0.667. The molecule has 0 amide bonds. The van der Waals surface area contributed by atoms with E-state index in [-0.39, 0.29) is 23.8 Å². The first kappa shape index (κ1) is 17.7. The molecule has 3 aromatic rings.